The van der Waals surface area contributed by atoms with E-state index in [2.05, 4.69) is 27.3 Å². The summed E-state index contributed by atoms with van der Waals surface area (Å²) in [5, 5.41) is 19.1. The van der Waals surface area contributed by atoms with Crippen LogP contribution < -0.4 is 10.6 Å². The largest absolute Gasteiger partial charge is 0.433 e. The maximum absolute atomic E-state index is 13.8. The number of unbranched alkanes of at least 4 members (excludes halogenated alkanes) is 2. The molecule has 3 rings (SSSR count). The topological polar surface area (TPSA) is 92.1 Å². The van der Waals surface area contributed by atoms with Gasteiger partial charge in [0.1, 0.15) is 5.69 Å². The Kier molecular flexibility index (Phi) is 10.0. The molecular formula is C28H30F3N5O2. The molecule has 0 aliphatic carbocycles. The molecule has 0 bridgehead atoms. The smallest absolute Gasteiger partial charge is 0.396 e. The zero-order valence-corrected chi connectivity index (χ0v) is 21.0. The number of hydrogen-bond acceptors (Lipinski definition) is 5. The van der Waals surface area contributed by atoms with Crippen molar-refractivity contribution in [3.63, 3.8) is 0 Å². The number of alkyl halides is 3. The highest BCUT2D eigenvalue weighted by Gasteiger charge is 2.36. The van der Waals surface area contributed by atoms with Gasteiger partial charge in [-0.05, 0) is 74.7 Å². The molecule has 0 atom stereocenters. The molecule has 3 N–H and O–H groups in total. The molecule has 200 valence electrons. The van der Waals surface area contributed by atoms with Crippen molar-refractivity contribution >= 4 is 11.6 Å². The van der Waals surface area contributed by atoms with Crippen LogP contribution >= 0.6 is 0 Å². The van der Waals surface area contributed by atoms with Gasteiger partial charge in [0.15, 0.2) is 0 Å². The number of carbonyl (C=O) groups excluding carboxylic acids is 1. The molecule has 2 heterocycles. The summed E-state index contributed by atoms with van der Waals surface area (Å²) in [6, 6.07) is 10.2. The minimum Gasteiger partial charge on any atom is -0.396 e. The summed E-state index contributed by atoms with van der Waals surface area (Å²) < 4.78 is 42.1. The van der Waals surface area contributed by atoms with Crippen molar-refractivity contribution in [1.29, 1.82) is 0 Å². The van der Waals surface area contributed by atoms with Gasteiger partial charge in [0.05, 0.1) is 17.0 Å². The summed E-state index contributed by atoms with van der Waals surface area (Å²) in [5.41, 5.74) is 1.34. The van der Waals surface area contributed by atoms with Gasteiger partial charge in [0.25, 0.3) is 5.91 Å². The first-order valence-corrected chi connectivity index (χ1v) is 12.1. The number of hydrogen-bond donors (Lipinski definition) is 3. The number of nitrogens with one attached hydrogen (secondary N) is 2. The van der Waals surface area contributed by atoms with Crippen molar-refractivity contribution < 1.29 is 23.1 Å². The molecule has 0 aliphatic heterocycles. The van der Waals surface area contributed by atoms with E-state index in [-0.39, 0.29) is 23.9 Å². The van der Waals surface area contributed by atoms with Crippen molar-refractivity contribution in [2.24, 2.45) is 0 Å². The molecule has 0 radical (unpaired) electrons. The van der Waals surface area contributed by atoms with Gasteiger partial charge in [0.2, 0.25) is 0 Å². The number of aliphatic hydroxyl groups excluding tert-OH is 1. The summed E-state index contributed by atoms with van der Waals surface area (Å²) in [6.45, 7) is 6.21. The van der Waals surface area contributed by atoms with E-state index >= 15 is 0 Å². The average Bonchev–Trinajstić information content (AvgIpc) is 3.36. The van der Waals surface area contributed by atoms with Gasteiger partial charge in [0, 0.05) is 42.5 Å². The standard InChI is InChI=1S/C28H30F3N5O2/c1-3-4-10-24(20(2)33-16-6-5-7-17-37)27(38)34-22-11-13-23(14-12-22)36-26(28(29,30)31)18-25(35-36)21-9-8-15-32-19-21/h3-4,8-15,18-19,33,37H,1,5-7,16-17H2,2H3,(H,34,38)/b10-4-,24-20-. The molecule has 1 aromatic carbocycles. The van der Waals surface area contributed by atoms with Crippen molar-refractivity contribution in [2.45, 2.75) is 32.4 Å². The first kappa shape index (κ1) is 28.4. The number of carbonyl (C=O) groups is 1. The van der Waals surface area contributed by atoms with Gasteiger partial charge in [-0.25, -0.2) is 4.68 Å². The maximum Gasteiger partial charge on any atom is 0.433 e. The van der Waals surface area contributed by atoms with Crippen LogP contribution in [0, 0.1) is 0 Å². The van der Waals surface area contributed by atoms with Gasteiger partial charge in [-0.3, -0.25) is 9.78 Å². The van der Waals surface area contributed by atoms with E-state index in [0.717, 1.165) is 30.0 Å². The van der Waals surface area contributed by atoms with E-state index < -0.39 is 11.9 Å². The summed E-state index contributed by atoms with van der Waals surface area (Å²) in [4.78, 5) is 16.9. The lowest BCUT2D eigenvalue weighted by Crippen LogP contribution is -2.21. The average molecular weight is 526 g/mol. The van der Waals surface area contributed by atoms with Crippen LogP contribution in [0.3, 0.4) is 0 Å². The van der Waals surface area contributed by atoms with Crippen LogP contribution in [0.15, 0.2) is 90.9 Å². The number of aromatic nitrogens is 3. The number of benzene rings is 1. The lowest BCUT2D eigenvalue weighted by Gasteiger charge is -2.13. The molecule has 7 nitrogen and oxygen atoms in total. The van der Waals surface area contributed by atoms with E-state index in [1.165, 1.54) is 36.7 Å². The number of nitrogens with zero attached hydrogens (tertiary/aromatic N) is 3. The molecule has 1 amide bonds. The monoisotopic (exact) mass is 525 g/mol. The van der Waals surface area contributed by atoms with Crippen LogP contribution in [-0.4, -0.2) is 38.9 Å². The van der Waals surface area contributed by atoms with Gasteiger partial charge < -0.3 is 15.7 Å². The Bertz CT molecular complexity index is 1280. The molecule has 0 fully saturated rings. The number of anilines is 1. The van der Waals surface area contributed by atoms with Crippen LogP contribution in [-0.2, 0) is 11.0 Å². The van der Waals surface area contributed by atoms with E-state index in [9.17, 15) is 18.0 Å². The zero-order chi connectivity index (χ0) is 27.5. The van der Waals surface area contributed by atoms with E-state index in [1.807, 2.05) is 0 Å². The van der Waals surface area contributed by atoms with Crippen molar-refractivity contribution in [2.75, 3.05) is 18.5 Å². The predicted molar refractivity (Wildman–Crippen MR) is 141 cm³/mol. The second kappa shape index (κ2) is 13.4. The van der Waals surface area contributed by atoms with Gasteiger partial charge in [-0.15, -0.1) is 0 Å². The van der Waals surface area contributed by atoms with Gasteiger partial charge >= 0.3 is 6.18 Å². The minimum absolute atomic E-state index is 0.144. The van der Waals surface area contributed by atoms with Crippen molar-refractivity contribution in [3.8, 4) is 16.9 Å². The molecule has 3 aromatic rings. The molecule has 0 spiro atoms. The third-order valence-electron chi connectivity index (χ3n) is 5.60. The lowest BCUT2D eigenvalue weighted by atomic mass is 10.1. The fraction of sp³-hybridized carbons (Fsp3) is 0.250. The molecule has 0 saturated heterocycles. The number of allylic oxidation sites excluding steroid dienone is 3. The van der Waals surface area contributed by atoms with Crippen LogP contribution in [0.4, 0.5) is 18.9 Å². The van der Waals surface area contributed by atoms with Crippen LogP contribution in [0.25, 0.3) is 16.9 Å². The fourth-order valence-electron chi connectivity index (χ4n) is 3.64. The predicted octanol–water partition coefficient (Wildman–Crippen LogP) is 5.66. The Morgan fingerprint density at radius 1 is 1.16 bits per heavy atom. The fourth-order valence-corrected chi connectivity index (χ4v) is 3.64. The second-order valence-corrected chi connectivity index (χ2v) is 8.41. The SMILES string of the molecule is C=C/C=C\C(C(=O)Nc1ccc(-n2nc(-c3cccnc3)cc2C(F)(F)F)cc1)=C(/C)NCCCCCO. The zero-order valence-electron chi connectivity index (χ0n) is 21.0. The second-order valence-electron chi connectivity index (χ2n) is 8.41. The van der Waals surface area contributed by atoms with E-state index in [0.29, 0.717) is 29.1 Å². The number of amides is 1. The number of pyridine rings is 1. The highest BCUT2D eigenvalue weighted by Crippen LogP contribution is 2.34. The minimum atomic E-state index is -4.62. The summed E-state index contributed by atoms with van der Waals surface area (Å²) in [7, 11) is 0. The highest BCUT2D eigenvalue weighted by atomic mass is 19.4. The Hall–Kier alpha value is -4.18. The molecule has 0 aliphatic rings. The molecule has 0 saturated carbocycles. The third-order valence-corrected chi connectivity index (χ3v) is 5.60. The molecule has 0 unspecified atom stereocenters. The van der Waals surface area contributed by atoms with Crippen molar-refractivity contribution in [1.82, 2.24) is 20.1 Å². The number of rotatable bonds is 12. The Labute approximate surface area is 219 Å². The molecule has 10 heteroatoms. The molecule has 38 heavy (non-hydrogen) atoms. The Morgan fingerprint density at radius 3 is 2.55 bits per heavy atom. The maximum atomic E-state index is 13.8. The van der Waals surface area contributed by atoms with Crippen LogP contribution in [0.1, 0.15) is 31.9 Å². The normalized spacial score (nSPS) is 12.3. The van der Waals surface area contributed by atoms with E-state index in [1.54, 1.807) is 37.3 Å². The molecular weight excluding hydrogens is 495 g/mol. The van der Waals surface area contributed by atoms with Crippen LogP contribution in [0.5, 0.6) is 0 Å². The first-order chi connectivity index (χ1) is 18.2. The summed E-state index contributed by atoms with van der Waals surface area (Å²) in [6.07, 6.45) is 5.61. The van der Waals surface area contributed by atoms with Gasteiger partial charge in [-0.2, -0.15) is 18.3 Å². The van der Waals surface area contributed by atoms with E-state index in [4.69, 9.17) is 5.11 Å². The summed E-state index contributed by atoms with van der Waals surface area (Å²) in [5.74, 6) is -0.384. The first-order valence-electron chi connectivity index (χ1n) is 12.1. The number of halogens is 3. The highest BCUT2D eigenvalue weighted by molar-refractivity contribution is 6.06. The third kappa shape index (κ3) is 7.66. The Balaban J connectivity index is 1.80. The molecule has 2 aromatic heterocycles. The van der Waals surface area contributed by atoms with Gasteiger partial charge in [-0.1, -0.05) is 18.7 Å². The number of aliphatic hydroxyl groups is 1. The summed E-state index contributed by atoms with van der Waals surface area (Å²) >= 11 is 0. The Morgan fingerprint density at radius 2 is 1.92 bits per heavy atom. The van der Waals surface area contributed by atoms with Crippen LogP contribution in [0.2, 0.25) is 0 Å². The quantitative estimate of drug-likeness (QED) is 0.161. The lowest BCUT2D eigenvalue weighted by molar-refractivity contribution is -0.142. The van der Waals surface area contributed by atoms with Crippen molar-refractivity contribution in [3.05, 3.63) is 96.6 Å².